The average molecular weight is 435 g/mol. The summed E-state index contributed by atoms with van der Waals surface area (Å²) in [6.07, 6.45) is -2.57. The average Bonchev–Trinajstić information content (AvgIpc) is 2.79. The summed E-state index contributed by atoms with van der Waals surface area (Å²) in [6.45, 7) is 1.90. The number of anilines is 1. The normalized spacial score (nSPS) is 13.1. The number of amides is 1. The first kappa shape index (κ1) is 24.6. The van der Waals surface area contributed by atoms with Gasteiger partial charge in [0.05, 0.1) is 0 Å². The Labute approximate surface area is 185 Å². The van der Waals surface area contributed by atoms with E-state index in [0.717, 1.165) is 16.3 Å². The van der Waals surface area contributed by atoms with Crippen molar-refractivity contribution in [2.24, 2.45) is 5.92 Å². The molecule has 0 bridgehead atoms. The molecule has 3 aromatic rings. The Morgan fingerprint density at radius 1 is 0.875 bits per heavy atom. The fraction of sp³-hybridized carbons (Fsp3) is 0.240. The van der Waals surface area contributed by atoms with Crippen LogP contribution >= 0.6 is 0 Å². The van der Waals surface area contributed by atoms with E-state index in [1.807, 2.05) is 67.6 Å². The van der Waals surface area contributed by atoms with E-state index in [2.05, 4.69) is 5.32 Å². The molecule has 0 aromatic heterocycles. The molecule has 7 nitrogen and oxygen atoms in total. The molecule has 0 heterocycles. The third kappa shape index (κ3) is 7.25. The zero-order valence-corrected chi connectivity index (χ0v) is 17.6. The molecule has 0 saturated carbocycles. The van der Waals surface area contributed by atoms with Gasteiger partial charge in [0.15, 0.2) is 11.9 Å². The quantitative estimate of drug-likeness (QED) is 0.500. The number of benzene rings is 3. The van der Waals surface area contributed by atoms with E-state index in [-0.39, 0.29) is 18.5 Å². The minimum Gasteiger partial charge on any atom is -0.382 e. The van der Waals surface area contributed by atoms with Gasteiger partial charge in [-0.2, -0.15) is 9.59 Å². The van der Waals surface area contributed by atoms with Crippen LogP contribution in [0.25, 0.3) is 10.8 Å². The summed E-state index contributed by atoms with van der Waals surface area (Å²) in [5.41, 5.74) is 1.58. The van der Waals surface area contributed by atoms with Crippen molar-refractivity contribution < 1.29 is 29.4 Å². The third-order valence-corrected chi connectivity index (χ3v) is 4.89. The van der Waals surface area contributed by atoms with Crippen molar-refractivity contribution in [2.45, 2.75) is 32.0 Å². The molecular weight excluding hydrogens is 410 g/mol. The minimum absolute atomic E-state index is 0.0182. The Hall–Kier alpha value is -3.64. The van der Waals surface area contributed by atoms with Crippen LogP contribution < -0.4 is 5.32 Å². The Bertz CT molecular complexity index is 1080. The predicted molar refractivity (Wildman–Crippen MR) is 119 cm³/mol. The van der Waals surface area contributed by atoms with Gasteiger partial charge >= 0.3 is 6.15 Å². The Balaban J connectivity index is 0.00000114. The van der Waals surface area contributed by atoms with Gasteiger partial charge in [0.1, 0.15) is 6.10 Å². The molecule has 0 radical (unpaired) electrons. The molecule has 166 valence electrons. The second-order valence-corrected chi connectivity index (χ2v) is 7.49. The lowest BCUT2D eigenvalue weighted by atomic mass is 9.93. The first-order valence-corrected chi connectivity index (χ1v) is 10.1. The van der Waals surface area contributed by atoms with Gasteiger partial charge in [0, 0.05) is 12.1 Å². The van der Waals surface area contributed by atoms with E-state index < -0.39 is 23.9 Å². The fourth-order valence-corrected chi connectivity index (χ4v) is 3.36. The SMILES string of the molecule is C[C@@H](CC(=O)[C@H](O)[C@@H](O)C(=O)Nc1ccc2ccccc2c1)Cc1ccccc1.O=C=O. The Morgan fingerprint density at radius 2 is 1.47 bits per heavy atom. The maximum Gasteiger partial charge on any atom is 0.373 e. The van der Waals surface area contributed by atoms with Gasteiger partial charge in [-0.05, 0) is 40.8 Å². The number of carbonyl (C=O) groups excluding carboxylic acids is 4. The van der Waals surface area contributed by atoms with Crippen LogP contribution in [0.1, 0.15) is 18.9 Å². The highest BCUT2D eigenvalue weighted by molar-refractivity contribution is 6.00. The van der Waals surface area contributed by atoms with Crippen molar-refractivity contribution in [3.63, 3.8) is 0 Å². The monoisotopic (exact) mass is 435 g/mol. The molecule has 0 aliphatic carbocycles. The van der Waals surface area contributed by atoms with Crippen LogP contribution in [0.15, 0.2) is 72.8 Å². The summed E-state index contributed by atoms with van der Waals surface area (Å²) in [4.78, 5) is 40.9. The number of aliphatic hydroxyl groups excluding tert-OH is 2. The highest BCUT2D eigenvalue weighted by Gasteiger charge is 2.30. The maximum atomic E-state index is 12.3. The lowest BCUT2D eigenvalue weighted by Crippen LogP contribution is -2.43. The van der Waals surface area contributed by atoms with Gasteiger partial charge in [-0.15, -0.1) is 0 Å². The van der Waals surface area contributed by atoms with Crippen molar-refractivity contribution in [2.75, 3.05) is 5.32 Å². The molecule has 0 aliphatic heterocycles. The zero-order valence-electron chi connectivity index (χ0n) is 17.6. The van der Waals surface area contributed by atoms with E-state index in [9.17, 15) is 19.8 Å². The smallest absolute Gasteiger partial charge is 0.373 e. The van der Waals surface area contributed by atoms with Crippen LogP contribution in [0.3, 0.4) is 0 Å². The van der Waals surface area contributed by atoms with E-state index in [0.29, 0.717) is 12.1 Å². The van der Waals surface area contributed by atoms with Crippen LogP contribution in [0.5, 0.6) is 0 Å². The van der Waals surface area contributed by atoms with Gasteiger partial charge in [0.2, 0.25) is 0 Å². The Morgan fingerprint density at radius 3 is 2.12 bits per heavy atom. The van der Waals surface area contributed by atoms with Crippen molar-refractivity contribution in [1.29, 1.82) is 0 Å². The molecule has 0 fully saturated rings. The zero-order chi connectivity index (χ0) is 23.5. The molecular formula is C25H25NO6. The fourth-order valence-electron chi connectivity index (χ4n) is 3.36. The summed E-state index contributed by atoms with van der Waals surface area (Å²) in [5.74, 6) is -1.37. The standard InChI is InChI=1S/C24H25NO4.CO2/c1-16(13-17-7-3-2-4-8-17)14-21(26)22(27)23(28)24(29)25-20-12-11-18-9-5-6-10-19(18)15-20;2-1-3/h2-12,15-16,22-23,27-28H,13-14H2,1H3,(H,25,29);/t16-,22+,23-;/m1./s1. The molecule has 3 atom stereocenters. The Kier molecular flexibility index (Phi) is 9.44. The van der Waals surface area contributed by atoms with E-state index in [4.69, 9.17) is 9.59 Å². The number of fused-ring (bicyclic) bond motifs is 1. The number of ketones is 1. The third-order valence-electron chi connectivity index (χ3n) is 4.89. The van der Waals surface area contributed by atoms with Gasteiger partial charge < -0.3 is 15.5 Å². The van der Waals surface area contributed by atoms with Gasteiger partial charge in [-0.25, -0.2) is 0 Å². The second-order valence-electron chi connectivity index (χ2n) is 7.49. The van der Waals surface area contributed by atoms with E-state index in [1.54, 1.807) is 12.1 Å². The molecule has 32 heavy (non-hydrogen) atoms. The van der Waals surface area contributed by atoms with Crippen LogP contribution in [0, 0.1) is 5.92 Å². The number of rotatable bonds is 8. The number of aliphatic hydroxyl groups is 2. The summed E-state index contributed by atoms with van der Waals surface area (Å²) in [7, 11) is 0. The van der Waals surface area contributed by atoms with Crippen LogP contribution in [-0.2, 0) is 25.6 Å². The molecule has 1 amide bonds. The molecule has 0 spiro atoms. The summed E-state index contributed by atoms with van der Waals surface area (Å²) in [5, 5.41) is 24.8. The van der Waals surface area contributed by atoms with Crippen LogP contribution in [-0.4, -0.2) is 40.3 Å². The number of hydrogen-bond acceptors (Lipinski definition) is 6. The molecule has 3 rings (SSSR count). The molecule has 3 aromatic carbocycles. The lowest BCUT2D eigenvalue weighted by Gasteiger charge is -2.19. The summed E-state index contributed by atoms with van der Waals surface area (Å²) in [6, 6.07) is 22.7. The number of nitrogens with one attached hydrogen (secondary N) is 1. The predicted octanol–water partition coefficient (Wildman–Crippen LogP) is 2.75. The number of hydrogen-bond donors (Lipinski definition) is 3. The molecule has 0 aliphatic rings. The molecule has 0 unspecified atom stereocenters. The summed E-state index contributed by atoms with van der Waals surface area (Å²) >= 11 is 0. The van der Waals surface area contributed by atoms with Crippen molar-refractivity contribution in [3.8, 4) is 0 Å². The van der Waals surface area contributed by atoms with Crippen LogP contribution in [0.4, 0.5) is 5.69 Å². The molecule has 7 heteroatoms. The molecule has 0 saturated heterocycles. The maximum absolute atomic E-state index is 12.3. The van der Waals surface area contributed by atoms with Gasteiger partial charge in [-0.3, -0.25) is 9.59 Å². The largest absolute Gasteiger partial charge is 0.382 e. The topological polar surface area (TPSA) is 121 Å². The molecule has 3 N–H and O–H groups in total. The summed E-state index contributed by atoms with van der Waals surface area (Å²) < 4.78 is 0. The number of Topliss-reactive ketones (excluding diaryl/α,β-unsaturated/α-hetero) is 1. The van der Waals surface area contributed by atoms with Gasteiger partial charge in [-0.1, -0.05) is 67.6 Å². The minimum atomic E-state index is -1.82. The van der Waals surface area contributed by atoms with Gasteiger partial charge in [0.25, 0.3) is 5.91 Å². The first-order chi connectivity index (χ1) is 15.3. The highest BCUT2D eigenvalue weighted by Crippen LogP contribution is 2.19. The number of carbonyl (C=O) groups is 2. The second kappa shape index (κ2) is 12.3. The lowest BCUT2D eigenvalue weighted by molar-refractivity contribution is -0.191. The van der Waals surface area contributed by atoms with Crippen molar-refractivity contribution in [1.82, 2.24) is 0 Å². The van der Waals surface area contributed by atoms with Crippen LogP contribution in [0.2, 0.25) is 0 Å². The van der Waals surface area contributed by atoms with E-state index in [1.165, 1.54) is 0 Å². The van der Waals surface area contributed by atoms with Crippen molar-refractivity contribution >= 4 is 34.3 Å². The first-order valence-electron chi connectivity index (χ1n) is 10.1. The van der Waals surface area contributed by atoms with E-state index >= 15 is 0 Å². The van der Waals surface area contributed by atoms with Crippen molar-refractivity contribution in [3.05, 3.63) is 78.4 Å². The highest BCUT2D eigenvalue weighted by atomic mass is 16.3.